The number of morpholine rings is 1. The van der Waals surface area contributed by atoms with E-state index in [2.05, 4.69) is 16.0 Å². The number of carbonyl (C=O) groups excluding carboxylic acids is 2. The third kappa shape index (κ3) is 6.65. The summed E-state index contributed by atoms with van der Waals surface area (Å²) in [6.45, 7) is 4.41. The van der Waals surface area contributed by atoms with Gasteiger partial charge in [-0.3, -0.25) is 4.79 Å². The minimum absolute atomic E-state index is 0.195. The summed E-state index contributed by atoms with van der Waals surface area (Å²) in [6.07, 6.45) is 1.09. The van der Waals surface area contributed by atoms with E-state index < -0.39 is 23.8 Å². The molecule has 0 saturated carbocycles. The molecule has 0 bridgehead atoms. The molecule has 1 aliphatic heterocycles. The number of halogens is 2. The van der Waals surface area contributed by atoms with E-state index in [1.54, 1.807) is 24.3 Å². The summed E-state index contributed by atoms with van der Waals surface area (Å²) < 4.78 is 32.9. The number of hydrogen-bond acceptors (Lipinski definition) is 4. The van der Waals surface area contributed by atoms with Gasteiger partial charge in [0.15, 0.2) is 0 Å². The third-order valence-corrected chi connectivity index (χ3v) is 5.13. The van der Waals surface area contributed by atoms with Crippen LogP contribution >= 0.6 is 0 Å². The van der Waals surface area contributed by atoms with E-state index in [0.29, 0.717) is 50.5 Å². The van der Waals surface area contributed by atoms with Gasteiger partial charge in [0.05, 0.1) is 18.9 Å². The number of ether oxygens (including phenoxy) is 1. The second kappa shape index (κ2) is 11.4. The fraction of sp³-hybridized carbons (Fsp3) is 0.391. The Labute approximate surface area is 186 Å². The van der Waals surface area contributed by atoms with Gasteiger partial charge in [-0.1, -0.05) is 25.5 Å². The van der Waals surface area contributed by atoms with Gasteiger partial charge in [-0.15, -0.1) is 0 Å². The summed E-state index contributed by atoms with van der Waals surface area (Å²) in [7, 11) is 0. The van der Waals surface area contributed by atoms with Crippen molar-refractivity contribution in [3.63, 3.8) is 0 Å². The molecule has 7 nitrogen and oxygen atoms in total. The van der Waals surface area contributed by atoms with Gasteiger partial charge in [0.25, 0.3) is 0 Å². The number of rotatable bonds is 8. The largest absolute Gasteiger partial charge is 0.378 e. The molecule has 0 radical (unpaired) electrons. The fourth-order valence-corrected chi connectivity index (χ4v) is 3.43. The topological polar surface area (TPSA) is 82.7 Å². The van der Waals surface area contributed by atoms with Gasteiger partial charge < -0.3 is 25.6 Å². The molecule has 1 atom stereocenters. The average Bonchev–Trinajstić information content (AvgIpc) is 2.79. The van der Waals surface area contributed by atoms with Crippen molar-refractivity contribution in [2.24, 2.45) is 0 Å². The van der Waals surface area contributed by atoms with Crippen LogP contribution in [0.5, 0.6) is 0 Å². The van der Waals surface area contributed by atoms with Crippen molar-refractivity contribution in [3.8, 4) is 0 Å². The van der Waals surface area contributed by atoms with Gasteiger partial charge in [0.1, 0.15) is 17.7 Å². The quantitative estimate of drug-likeness (QED) is 0.581. The highest BCUT2D eigenvalue weighted by Crippen LogP contribution is 2.24. The van der Waals surface area contributed by atoms with Crippen molar-refractivity contribution in [2.75, 3.05) is 36.5 Å². The fourth-order valence-electron chi connectivity index (χ4n) is 3.43. The van der Waals surface area contributed by atoms with Crippen molar-refractivity contribution in [2.45, 2.75) is 32.4 Å². The molecule has 9 heteroatoms. The minimum atomic E-state index is -0.782. The van der Waals surface area contributed by atoms with Crippen molar-refractivity contribution < 1.29 is 23.1 Å². The number of carbonyl (C=O) groups is 2. The molecule has 0 aromatic heterocycles. The van der Waals surface area contributed by atoms with Crippen LogP contribution in [0.25, 0.3) is 0 Å². The number of amides is 3. The maximum Gasteiger partial charge on any atom is 0.315 e. The van der Waals surface area contributed by atoms with Crippen LogP contribution in [0.3, 0.4) is 0 Å². The van der Waals surface area contributed by atoms with Crippen molar-refractivity contribution in [1.82, 2.24) is 10.6 Å². The maximum absolute atomic E-state index is 14.6. The molecule has 3 amide bonds. The Kier molecular flexibility index (Phi) is 8.38. The lowest BCUT2D eigenvalue weighted by Crippen LogP contribution is -2.47. The maximum atomic E-state index is 14.6. The van der Waals surface area contributed by atoms with Crippen LogP contribution in [0.1, 0.15) is 25.3 Å². The van der Waals surface area contributed by atoms with Crippen LogP contribution in [-0.4, -0.2) is 44.3 Å². The normalized spacial score (nSPS) is 14.5. The first-order valence-electron chi connectivity index (χ1n) is 10.7. The molecule has 3 N–H and O–H groups in total. The second-order valence-corrected chi connectivity index (χ2v) is 7.55. The molecule has 32 heavy (non-hydrogen) atoms. The SMILES string of the molecule is CCCC(NC(=O)NCc1ccc(F)cc1)C(=O)Nc1ccc(N2CCOCC2)c(F)c1. The van der Waals surface area contributed by atoms with Crippen LogP contribution in [0, 0.1) is 11.6 Å². The molecule has 3 rings (SSSR count). The molecule has 1 unspecified atom stereocenters. The molecule has 0 aliphatic carbocycles. The Bertz CT molecular complexity index is 918. The number of nitrogens with one attached hydrogen (secondary N) is 3. The molecule has 1 heterocycles. The highest BCUT2D eigenvalue weighted by molar-refractivity contribution is 5.97. The van der Waals surface area contributed by atoms with Crippen molar-refractivity contribution in [3.05, 3.63) is 59.7 Å². The first kappa shape index (κ1) is 23.5. The Hall–Kier alpha value is -3.20. The first-order chi connectivity index (χ1) is 15.5. The van der Waals surface area contributed by atoms with Crippen LogP contribution in [0.4, 0.5) is 25.0 Å². The molecule has 2 aromatic carbocycles. The Balaban J connectivity index is 1.56. The van der Waals surface area contributed by atoms with E-state index in [0.717, 1.165) is 5.56 Å². The Morgan fingerprint density at radius 1 is 1.09 bits per heavy atom. The van der Waals surface area contributed by atoms with E-state index in [-0.39, 0.29) is 12.4 Å². The highest BCUT2D eigenvalue weighted by atomic mass is 19.1. The van der Waals surface area contributed by atoms with Gasteiger partial charge in [-0.2, -0.15) is 0 Å². The van der Waals surface area contributed by atoms with Crippen LogP contribution in [0.2, 0.25) is 0 Å². The summed E-state index contributed by atoms with van der Waals surface area (Å²) in [6, 6.07) is 9.02. The monoisotopic (exact) mass is 446 g/mol. The lowest BCUT2D eigenvalue weighted by Gasteiger charge is -2.29. The number of nitrogens with zero attached hydrogens (tertiary/aromatic N) is 1. The minimum Gasteiger partial charge on any atom is -0.378 e. The summed E-state index contributed by atoms with van der Waals surface area (Å²) in [5.74, 6) is -1.21. The third-order valence-electron chi connectivity index (χ3n) is 5.13. The van der Waals surface area contributed by atoms with Gasteiger partial charge in [0.2, 0.25) is 5.91 Å². The lowest BCUT2D eigenvalue weighted by molar-refractivity contribution is -0.118. The highest BCUT2D eigenvalue weighted by Gasteiger charge is 2.21. The van der Waals surface area contributed by atoms with Crippen LogP contribution < -0.4 is 20.9 Å². The molecule has 2 aromatic rings. The summed E-state index contributed by atoms with van der Waals surface area (Å²) in [5, 5.41) is 7.97. The average molecular weight is 446 g/mol. The molecule has 1 fully saturated rings. The molecular weight excluding hydrogens is 418 g/mol. The molecular formula is C23H28F2N4O3. The number of hydrogen-bond donors (Lipinski definition) is 3. The zero-order chi connectivity index (χ0) is 22.9. The zero-order valence-corrected chi connectivity index (χ0v) is 18.0. The second-order valence-electron chi connectivity index (χ2n) is 7.55. The van der Waals surface area contributed by atoms with Crippen LogP contribution in [-0.2, 0) is 16.1 Å². The summed E-state index contributed by atoms with van der Waals surface area (Å²) >= 11 is 0. The van der Waals surface area contributed by atoms with Gasteiger partial charge in [0, 0.05) is 25.3 Å². The first-order valence-corrected chi connectivity index (χ1v) is 10.7. The van der Waals surface area contributed by atoms with Gasteiger partial charge in [-0.25, -0.2) is 13.6 Å². The van der Waals surface area contributed by atoms with E-state index >= 15 is 0 Å². The van der Waals surface area contributed by atoms with Gasteiger partial charge in [-0.05, 0) is 42.3 Å². The zero-order valence-electron chi connectivity index (χ0n) is 18.0. The smallest absolute Gasteiger partial charge is 0.315 e. The predicted octanol–water partition coefficient (Wildman–Crippen LogP) is 3.41. The van der Waals surface area contributed by atoms with Crippen LogP contribution in [0.15, 0.2) is 42.5 Å². The molecule has 1 aliphatic rings. The van der Waals surface area contributed by atoms with E-state index in [1.807, 2.05) is 11.8 Å². The van der Waals surface area contributed by atoms with E-state index in [4.69, 9.17) is 4.74 Å². The molecule has 172 valence electrons. The lowest BCUT2D eigenvalue weighted by atomic mass is 10.1. The van der Waals surface area contributed by atoms with E-state index in [9.17, 15) is 18.4 Å². The molecule has 1 saturated heterocycles. The number of anilines is 2. The standard InChI is InChI=1S/C23H28F2N4O3/c1-2-3-20(28-23(31)26-15-16-4-6-17(24)7-5-16)22(30)27-18-8-9-21(19(25)14-18)29-10-12-32-13-11-29/h4-9,14,20H,2-3,10-13,15H2,1H3,(H,27,30)(H2,26,28,31). The Morgan fingerprint density at radius 3 is 2.47 bits per heavy atom. The predicted molar refractivity (Wildman–Crippen MR) is 119 cm³/mol. The number of urea groups is 1. The summed E-state index contributed by atoms with van der Waals surface area (Å²) in [5.41, 5.74) is 1.52. The Morgan fingerprint density at radius 2 is 1.81 bits per heavy atom. The number of benzene rings is 2. The van der Waals surface area contributed by atoms with Gasteiger partial charge >= 0.3 is 6.03 Å². The van der Waals surface area contributed by atoms with E-state index in [1.165, 1.54) is 18.2 Å². The molecule has 0 spiro atoms. The summed E-state index contributed by atoms with van der Waals surface area (Å²) in [4.78, 5) is 26.9. The van der Waals surface area contributed by atoms with Crippen molar-refractivity contribution in [1.29, 1.82) is 0 Å². The van der Waals surface area contributed by atoms with Crippen molar-refractivity contribution >= 4 is 23.3 Å².